The molecule has 0 aliphatic heterocycles. The highest BCUT2D eigenvalue weighted by atomic mass is 79.9. The topological polar surface area (TPSA) is 85.6 Å². The summed E-state index contributed by atoms with van der Waals surface area (Å²) < 4.78 is 2.92. The molecule has 10 heteroatoms. The number of carbonyl (C=O) groups is 1. The summed E-state index contributed by atoms with van der Waals surface area (Å²) >= 11 is 6.23. The third-order valence-electron chi connectivity index (χ3n) is 3.86. The fourth-order valence-electron chi connectivity index (χ4n) is 2.59. The van der Waals surface area contributed by atoms with E-state index in [1.54, 1.807) is 6.08 Å². The van der Waals surface area contributed by atoms with E-state index in [-0.39, 0.29) is 11.7 Å². The van der Waals surface area contributed by atoms with Gasteiger partial charge in [0.2, 0.25) is 5.91 Å². The van der Waals surface area contributed by atoms with E-state index >= 15 is 0 Å². The Bertz CT molecular complexity index is 1020. The van der Waals surface area contributed by atoms with Gasteiger partial charge in [-0.3, -0.25) is 4.79 Å². The minimum Gasteiger partial charge on any atom is -0.325 e. The van der Waals surface area contributed by atoms with Crippen molar-refractivity contribution in [2.75, 3.05) is 11.1 Å². The summed E-state index contributed by atoms with van der Waals surface area (Å²) in [4.78, 5) is 21.2. The molecule has 2 heterocycles. The van der Waals surface area contributed by atoms with Gasteiger partial charge >= 0.3 is 0 Å². The lowest BCUT2D eigenvalue weighted by molar-refractivity contribution is -0.113. The Balaban J connectivity index is 1.62. The second-order valence-corrected chi connectivity index (χ2v) is 9.16. The normalized spacial score (nSPS) is 10.8. The average Bonchev–Trinajstić information content (AvgIpc) is 3.08. The van der Waals surface area contributed by atoms with E-state index in [0.29, 0.717) is 22.6 Å². The average molecular weight is 505 g/mol. The monoisotopic (exact) mass is 504 g/mol. The summed E-state index contributed by atoms with van der Waals surface area (Å²) in [5.74, 6) is 1.50. The van der Waals surface area contributed by atoms with Crippen molar-refractivity contribution in [3.05, 3.63) is 64.7 Å². The summed E-state index contributed by atoms with van der Waals surface area (Å²) in [6.45, 7) is 8.28. The van der Waals surface area contributed by atoms with Gasteiger partial charge in [0, 0.05) is 28.1 Å². The number of halogens is 1. The fourth-order valence-corrected chi connectivity index (χ4v) is 4.51. The number of allylic oxidation sites excluding steroid dienone is 1. The number of amides is 1. The molecular weight excluding hydrogens is 484 g/mol. The van der Waals surface area contributed by atoms with Crippen LogP contribution in [0, 0.1) is 13.8 Å². The number of hydrogen-bond acceptors (Lipinski definition) is 7. The van der Waals surface area contributed by atoms with E-state index in [2.05, 4.69) is 48.0 Å². The zero-order valence-corrected chi connectivity index (χ0v) is 19.9. The van der Waals surface area contributed by atoms with Crippen molar-refractivity contribution < 1.29 is 4.79 Å². The Kier molecular flexibility index (Phi) is 8.06. The summed E-state index contributed by atoms with van der Waals surface area (Å²) in [5, 5.41) is 12.8. The van der Waals surface area contributed by atoms with Crippen molar-refractivity contribution in [1.29, 1.82) is 0 Å². The predicted molar refractivity (Wildman–Crippen MR) is 125 cm³/mol. The molecule has 0 radical (unpaired) electrons. The highest BCUT2D eigenvalue weighted by Gasteiger charge is 2.15. The Morgan fingerprint density at radius 2 is 1.87 bits per heavy atom. The van der Waals surface area contributed by atoms with E-state index in [4.69, 9.17) is 0 Å². The maximum Gasteiger partial charge on any atom is 0.234 e. The number of carbonyl (C=O) groups excluding carboxylic acids is 1. The molecule has 0 atom stereocenters. The molecule has 156 valence electrons. The lowest BCUT2D eigenvalue weighted by atomic mass is 10.3. The van der Waals surface area contributed by atoms with Gasteiger partial charge in [-0.05, 0) is 44.2 Å². The van der Waals surface area contributed by atoms with E-state index in [9.17, 15) is 4.79 Å². The Morgan fingerprint density at radius 1 is 1.17 bits per heavy atom. The van der Waals surface area contributed by atoms with Crippen molar-refractivity contribution in [3.8, 4) is 0 Å². The molecule has 0 spiro atoms. The van der Waals surface area contributed by atoms with E-state index in [1.807, 2.05) is 48.7 Å². The van der Waals surface area contributed by atoms with Crippen LogP contribution in [0.15, 0.2) is 57.8 Å². The summed E-state index contributed by atoms with van der Waals surface area (Å²) in [6.07, 6.45) is 1.79. The molecule has 7 nitrogen and oxygen atoms in total. The summed E-state index contributed by atoms with van der Waals surface area (Å²) in [6, 6.07) is 9.40. The van der Waals surface area contributed by atoms with E-state index in [1.165, 1.54) is 23.5 Å². The standard InChI is InChI=1S/C20H21BrN6OS2/c1-4-9-27-17(11-29-19-22-13(2)10-14(3)23-19)25-26-20(27)30-12-18(28)24-16-7-5-15(21)6-8-16/h4-8,10H,1,9,11-12H2,2-3H3,(H,24,28). The van der Waals surface area contributed by atoms with Crippen LogP contribution >= 0.6 is 39.5 Å². The summed E-state index contributed by atoms with van der Waals surface area (Å²) in [7, 11) is 0. The minimum absolute atomic E-state index is 0.102. The number of benzene rings is 1. The van der Waals surface area contributed by atoms with Crippen LogP contribution in [0.2, 0.25) is 0 Å². The highest BCUT2D eigenvalue weighted by Crippen LogP contribution is 2.23. The first-order valence-electron chi connectivity index (χ1n) is 9.11. The maximum atomic E-state index is 12.3. The second-order valence-electron chi connectivity index (χ2n) is 6.36. The molecule has 0 aliphatic carbocycles. The van der Waals surface area contributed by atoms with Gasteiger partial charge in [0.15, 0.2) is 10.3 Å². The molecule has 0 aliphatic rings. The van der Waals surface area contributed by atoms with E-state index < -0.39 is 0 Å². The Morgan fingerprint density at radius 3 is 2.53 bits per heavy atom. The van der Waals surface area contributed by atoms with Crippen LogP contribution < -0.4 is 5.32 Å². The van der Waals surface area contributed by atoms with Crippen LogP contribution in [0.25, 0.3) is 0 Å². The highest BCUT2D eigenvalue weighted by molar-refractivity contribution is 9.10. The van der Waals surface area contributed by atoms with Crippen molar-refractivity contribution >= 4 is 51.0 Å². The molecule has 1 amide bonds. The number of anilines is 1. The largest absolute Gasteiger partial charge is 0.325 e. The molecule has 0 fully saturated rings. The van der Waals surface area contributed by atoms with Crippen LogP contribution in [0.3, 0.4) is 0 Å². The van der Waals surface area contributed by atoms with Crippen molar-refractivity contribution in [2.45, 2.75) is 36.5 Å². The molecule has 0 bridgehead atoms. The first-order chi connectivity index (χ1) is 14.4. The van der Waals surface area contributed by atoms with Gasteiger partial charge < -0.3 is 9.88 Å². The van der Waals surface area contributed by atoms with Gasteiger partial charge in [-0.2, -0.15) is 0 Å². The minimum atomic E-state index is -0.102. The zero-order chi connectivity index (χ0) is 21.5. The number of aryl methyl sites for hydroxylation is 2. The lowest BCUT2D eigenvalue weighted by Gasteiger charge is -2.08. The number of thioether (sulfide) groups is 2. The van der Waals surface area contributed by atoms with Gasteiger partial charge in [-0.1, -0.05) is 45.5 Å². The van der Waals surface area contributed by atoms with E-state index in [0.717, 1.165) is 27.4 Å². The predicted octanol–water partition coefficient (Wildman–Crippen LogP) is 4.66. The molecule has 0 saturated carbocycles. The maximum absolute atomic E-state index is 12.3. The van der Waals surface area contributed by atoms with Crippen LogP contribution in [-0.4, -0.2) is 36.4 Å². The number of nitrogens with one attached hydrogen (secondary N) is 1. The smallest absolute Gasteiger partial charge is 0.234 e. The third-order valence-corrected chi connectivity index (χ3v) is 6.20. The molecule has 3 aromatic rings. The quantitative estimate of drug-likeness (QED) is 0.257. The molecule has 1 N–H and O–H groups in total. The Labute approximate surface area is 192 Å². The van der Waals surface area contributed by atoms with Crippen LogP contribution in [-0.2, 0) is 17.1 Å². The van der Waals surface area contributed by atoms with Gasteiger partial charge in [-0.25, -0.2) is 9.97 Å². The Hall–Kier alpha value is -2.17. The molecular formula is C20H21BrN6OS2. The van der Waals surface area contributed by atoms with Crippen LogP contribution in [0.1, 0.15) is 17.2 Å². The summed E-state index contributed by atoms with van der Waals surface area (Å²) in [5.41, 5.74) is 2.62. The first kappa shape index (κ1) is 22.5. The van der Waals surface area contributed by atoms with Gasteiger partial charge in [0.1, 0.15) is 5.82 Å². The van der Waals surface area contributed by atoms with Crippen molar-refractivity contribution in [3.63, 3.8) is 0 Å². The lowest BCUT2D eigenvalue weighted by Crippen LogP contribution is -2.14. The van der Waals surface area contributed by atoms with Gasteiger partial charge in [0.25, 0.3) is 0 Å². The van der Waals surface area contributed by atoms with Crippen molar-refractivity contribution in [1.82, 2.24) is 24.7 Å². The number of rotatable bonds is 9. The van der Waals surface area contributed by atoms with Gasteiger partial charge in [0.05, 0.1) is 11.5 Å². The molecule has 0 saturated heterocycles. The molecule has 3 rings (SSSR count). The zero-order valence-electron chi connectivity index (χ0n) is 16.6. The third kappa shape index (κ3) is 6.41. The molecule has 1 aromatic carbocycles. The SMILES string of the molecule is C=CCn1c(CSc2nc(C)cc(C)n2)nnc1SCC(=O)Nc1ccc(Br)cc1. The van der Waals surface area contributed by atoms with Crippen LogP contribution in [0.5, 0.6) is 0 Å². The molecule has 30 heavy (non-hydrogen) atoms. The van der Waals surface area contributed by atoms with Crippen LogP contribution in [0.4, 0.5) is 5.69 Å². The molecule has 2 aromatic heterocycles. The number of hydrogen-bond donors (Lipinski definition) is 1. The molecule has 0 unspecified atom stereocenters. The number of nitrogens with zero attached hydrogens (tertiary/aromatic N) is 5. The first-order valence-corrected chi connectivity index (χ1v) is 11.9. The fraction of sp³-hybridized carbons (Fsp3) is 0.250. The van der Waals surface area contributed by atoms with Crippen molar-refractivity contribution in [2.24, 2.45) is 0 Å². The second kappa shape index (κ2) is 10.7. The van der Waals surface area contributed by atoms with Gasteiger partial charge in [-0.15, -0.1) is 16.8 Å². The number of aromatic nitrogens is 5.